The molecule has 0 unspecified atom stereocenters. The molecule has 0 amide bonds. The number of ether oxygens (including phenoxy) is 2. The van der Waals surface area contributed by atoms with Gasteiger partial charge in [-0.1, -0.05) is 89.5 Å². The van der Waals surface area contributed by atoms with Gasteiger partial charge in [-0.3, -0.25) is 0 Å². The van der Waals surface area contributed by atoms with E-state index in [-0.39, 0.29) is 6.10 Å². The van der Waals surface area contributed by atoms with E-state index in [4.69, 9.17) is 9.47 Å². The SMILES string of the molecule is CCCCCCC[C@H]1CO[C@H](c2ccc(CCCCCC)cc2)CO1. The molecule has 1 saturated heterocycles. The van der Waals surface area contributed by atoms with Crippen molar-refractivity contribution in [1.29, 1.82) is 0 Å². The molecule has 1 aliphatic heterocycles. The Hall–Kier alpha value is -0.860. The Bertz CT molecular complexity index is 432. The molecule has 1 heterocycles. The molecule has 0 bridgehead atoms. The summed E-state index contributed by atoms with van der Waals surface area (Å²) in [6.45, 7) is 5.97. The second-order valence-corrected chi connectivity index (χ2v) is 7.53. The summed E-state index contributed by atoms with van der Waals surface area (Å²) >= 11 is 0. The monoisotopic (exact) mass is 346 g/mol. The molecule has 2 rings (SSSR count). The number of unbranched alkanes of at least 4 members (excludes halogenated alkanes) is 7. The Balaban J connectivity index is 1.64. The molecule has 25 heavy (non-hydrogen) atoms. The van der Waals surface area contributed by atoms with Crippen molar-refractivity contribution < 1.29 is 9.47 Å². The predicted molar refractivity (Wildman–Crippen MR) is 106 cm³/mol. The minimum absolute atomic E-state index is 0.116. The van der Waals surface area contributed by atoms with Gasteiger partial charge in [-0.25, -0.2) is 0 Å². The molecule has 0 aliphatic carbocycles. The lowest BCUT2D eigenvalue weighted by Gasteiger charge is -2.30. The normalized spacial score (nSPS) is 20.7. The fraction of sp³-hybridized carbons (Fsp3) is 0.739. The van der Waals surface area contributed by atoms with Crippen molar-refractivity contribution in [1.82, 2.24) is 0 Å². The van der Waals surface area contributed by atoms with Gasteiger partial charge < -0.3 is 9.47 Å². The number of hydrogen-bond acceptors (Lipinski definition) is 2. The molecule has 2 nitrogen and oxygen atoms in total. The van der Waals surface area contributed by atoms with E-state index in [0.29, 0.717) is 12.7 Å². The first-order valence-electron chi connectivity index (χ1n) is 10.7. The molecule has 1 aromatic carbocycles. The van der Waals surface area contributed by atoms with Gasteiger partial charge in [0.05, 0.1) is 19.3 Å². The molecular weight excluding hydrogens is 308 g/mol. The van der Waals surface area contributed by atoms with Crippen LogP contribution in [0.25, 0.3) is 0 Å². The predicted octanol–water partition coefficient (Wildman–Crippen LogP) is 6.63. The maximum Gasteiger partial charge on any atom is 0.106 e. The van der Waals surface area contributed by atoms with Gasteiger partial charge in [0.25, 0.3) is 0 Å². The fourth-order valence-corrected chi connectivity index (χ4v) is 3.53. The zero-order valence-corrected chi connectivity index (χ0v) is 16.5. The molecule has 1 aliphatic rings. The molecule has 2 heteroatoms. The summed E-state index contributed by atoms with van der Waals surface area (Å²) in [5.41, 5.74) is 2.71. The van der Waals surface area contributed by atoms with E-state index in [1.807, 2.05) is 0 Å². The van der Waals surface area contributed by atoms with Crippen LogP contribution in [-0.4, -0.2) is 19.3 Å². The number of rotatable bonds is 12. The molecule has 1 fully saturated rings. The first kappa shape index (κ1) is 20.5. The van der Waals surface area contributed by atoms with Crippen LogP contribution >= 0.6 is 0 Å². The van der Waals surface area contributed by atoms with E-state index in [2.05, 4.69) is 38.1 Å². The number of aryl methyl sites for hydroxylation is 1. The number of hydrogen-bond donors (Lipinski definition) is 0. The van der Waals surface area contributed by atoms with Gasteiger partial charge in [0.15, 0.2) is 0 Å². The molecule has 2 atom stereocenters. The van der Waals surface area contributed by atoms with Crippen molar-refractivity contribution in [2.75, 3.05) is 13.2 Å². The topological polar surface area (TPSA) is 18.5 Å². The van der Waals surface area contributed by atoms with Gasteiger partial charge in [-0.05, 0) is 30.4 Å². The summed E-state index contributed by atoms with van der Waals surface area (Å²) in [5.74, 6) is 0. The van der Waals surface area contributed by atoms with Crippen LogP contribution < -0.4 is 0 Å². The Morgan fingerprint density at radius 2 is 1.44 bits per heavy atom. The maximum absolute atomic E-state index is 6.08. The summed E-state index contributed by atoms with van der Waals surface area (Å²) in [6.07, 6.45) is 14.7. The highest BCUT2D eigenvalue weighted by Crippen LogP contribution is 2.25. The van der Waals surface area contributed by atoms with Gasteiger partial charge in [-0.15, -0.1) is 0 Å². The fourth-order valence-electron chi connectivity index (χ4n) is 3.53. The highest BCUT2D eigenvalue weighted by Gasteiger charge is 2.23. The third-order valence-corrected chi connectivity index (χ3v) is 5.27. The van der Waals surface area contributed by atoms with Gasteiger partial charge in [0.1, 0.15) is 6.10 Å². The summed E-state index contributed by atoms with van der Waals surface area (Å²) in [4.78, 5) is 0. The van der Waals surface area contributed by atoms with Crippen LogP contribution in [0.4, 0.5) is 0 Å². The first-order chi connectivity index (χ1) is 12.3. The van der Waals surface area contributed by atoms with Crippen molar-refractivity contribution in [2.45, 2.75) is 96.7 Å². The lowest BCUT2D eigenvalue weighted by atomic mass is 10.0. The Morgan fingerprint density at radius 1 is 0.760 bits per heavy atom. The van der Waals surface area contributed by atoms with E-state index in [1.165, 1.54) is 75.3 Å². The largest absolute Gasteiger partial charge is 0.373 e. The third kappa shape index (κ3) is 7.92. The quantitative estimate of drug-likeness (QED) is 0.396. The standard InChI is InChI=1S/C23H38O2/c1-3-5-7-9-11-13-22-18-25-23(19-24-22)21-16-14-20(15-17-21)12-10-8-6-4-2/h14-17,22-23H,3-13,18-19H2,1-2H3/t22-,23-/m0/s1. The second kappa shape index (κ2) is 12.5. The molecule has 0 aromatic heterocycles. The summed E-state index contributed by atoms with van der Waals surface area (Å²) < 4.78 is 12.1. The van der Waals surface area contributed by atoms with E-state index >= 15 is 0 Å². The Labute approximate surface area is 155 Å². The van der Waals surface area contributed by atoms with Crippen molar-refractivity contribution in [3.05, 3.63) is 35.4 Å². The summed E-state index contributed by atoms with van der Waals surface area (Å²) in [6, 6.07) is 9.00. The minimum atomic E-state index is 0.116. The van der Waals surface area contributed by atoms with Crippen LogP contribution in [0, 0.1) is 0 Å². The van der Waals surface area contributed by atoms with Crippen molar-refractivity contribution in [2.24, 2.45) is 0 Å². The van der Waals surface area contributed by atoms with E-state index < -0.39 is 0 Å². The van der Waals surface area contributed by atoms with Crippen LogP contribution in [0.1, 0.15) is 95.3 Å². The third-order valence-electron chi connectivity index (χ3n) is 5.27. The average molecular weight is 347 g/mol. The zero-order chi connectivity index (χ0) is 17.7. The average Bonchev–Trinajstić information content (AvgIpc) is 2.66. The zero-order valence-electron chi connectivity index (χ0n) is 16.5. The highest BCUT2D eigenvalue weighted by atomic mass is 16.6. The van der Waals surface area contributed by atoms with Crippen molar-refractivity contribution in [3.63, 3.8) is 0 Å². The van der Waals surface area contributed by atoms with Gasteiger partial charge in [0.2, 0.25) is 0 Å². The van der Waals surface area contributed by atoms with Crippen LogP contribution in [0.3, 0.4) is 0 Å². The maximum atomic E-state index is 6.08. The molecular formula is C23H38O2. The summed E-state index contributed by atoms with van der Waals surface area (Å²) in [5, 5.41) is 0. The van der Waals surface area contributed by atoms with Gasteiger partial charge in [0, 0.05) is 0 Å². The Morgan fingerprint density at radius 3 is 2.08 bits per heavy atom. The minimum Gasteiger partial charge on any atom is -0.373 e. The lowest BCUT2D eigenvalue weighted by Crippen LogP contribution is -2.31. The van der Waals surface area contributed by atoms with Crippen LogP contribution in [-0.2, 0) is 15.9 Å². The molecule has 142 valence electrons. The second-order valence-electron chi connectivity index (χ2n) is 7.53. The lowest BCUT2D eigenvalue weighted by molar-refractivity contribution is -0.137. The molecule has 0 N–H and O–H groups in total. The molecule has 1 aromatic rings. The van der Waals surface area contributed by atoms with E-state index in [0.717, 1.165) is 13.0 Å². The highest BCUT2D eigenvalue weighted by molar-refractivity contribution is 5.24. The smallest absolute Gasteiger partial charge is 0.106 e. The summed E-state index contributed by atoms with van der Waals surface area (Å²) in [7, 11) is 0. The van der Waals surface area contributed by atoms with Crippen LogP contribution in [0.2, 0.25) is 0 Å². The van der Waals surface area contributed by atoms with Crippen molar-refractivity contribution in [3.8, 4) is 0 Å². The van der Waals surface area contributed by atoms with Crippen LogP contribution in [0.15, 0.2) is 24.3 Å². The Kier molecular flexibility index (Phi) is 10.2. The van der Waals surface area contributed by atoms with Gasteiger partial charge >= 0.3 is 0 Å². The first-order valence-corrected chi connectivity index (χ1v) is 10.7. The molecule has 0 radical (unpaired) electrons. The molecule has 0 saturated carbocycles. The van der Waals surface area contributed by atoms with E-state index in [1.54, 1.807) is 0 Å². The van der Waals surface area contributed by atoms with Gasteiger partial charge in [-0.2, -0.15) is 0 Å². The van der Waals surface area contributed by atoms with Crippen LogP contribution in [0.5, 0.6) is 0 Å². The van der Waals surface area contributed by atoms with Crippen molar-refractivity contribution >= 4 is 0 Å². The molecule has 0 spiro atoms. The number of benzene rings is 1. The van der Waals surface area contributed by atoms with E-state index in [9.17, 15) is 0 Å².